The molecule has 0 bridgehead atoms. The molecule has 1 aliphatic heterocycles. The first-order valence-corrected chi connectivity index (χ1v) is 9.47. The number of carbonyl (C=O) groups is 2. The van der Waals surface area contributed by atoms with E-state index >= 15 is 0 Å². The van der Waals surface area contributed by atoms with Crippen molar-refractivity contribution < 1.29 is 19.4 Å². The maximum absolute atomic E-state index is 12.6. The van der Waals surface area contributed by atoms with Crippen LogP contribution in [0.2, 0.25) is 0 Å². The maximum Gasteiger partial charge on any atom is 0.260 e. The molecule has 26 heavy (non-hydrogen) atoms. The molecule has 0 aromatic heterocycles. The van der Waals surface area contributed by atoms with Crippen LogP contribution in [-0.4, -0.2) is 30.1 Å². The molecule has 2 N–H and O–H groups in total. The zero-order chi connectivity index (χ0) is 19.1. The molecule has 2 aliphatic carbocycles. The summed E-state index contributed by atoms with van der Waals surface area (Å²) in [4.78, 5) is 25.0. The molecule has 0 aromatic rings. The van der Waals surface area contributed by atoms with E-state index in [0.29, 0.717) is 11.8 Å². The van der Waals surface area contributed by atoms with E-state index in [4.69, 9.17) is 4.74 Å². The van der Waals surface area contributed by atoms with Gasteiger partial charge in [-0.15, -0.1) is 0 Å². The van der Waals surface area contributed by atoms with Crippen molar-refractivity contribution in [2.45, 2.75) is 46.3 Å². The number of hydrogen-bond acceptors (Lipinski definition) is 4. The summed E-state index contributed by atoms with van der Waals surface area (Å²) in [6.45, 7) is 6.20. The van der Waals surface area contributed by atoms with Gasteiger partial charge in [0, 0.05) is 18.4 Å². The van der Waals surface area contributed by atoms with Gasteiger partial charge in [0.2, 0.25) is 5.78 Å². The highest BCUT2D eigenvalue weighted by atomic mass is 16.5. The normalized spacial score (nSPS) is 42.1. The summed E-state index contributed by atoms with van der Waals surface area (Å²) in [5.41, 5.74) is -0.821. The van der Waals surface area contributed by atoms with Crippen molar-refractivity contribution in [3.63, 3.8) is 0 Å². The quantitative estimate of drug-likeness (QED) is 0.351. The molecule has 0 unspecified atom stereocenters. The second-order valence-electron chi connectivity index (χ2n) is 8.08. The van der Waals surface area contributed by atoms with Crippen LogP contribution >= 0.6 is 0 Å². The number of rotatable bonds is 3. The molecule has 1 saturated carbocycles. The average molecular weight is 359 g/mol. The van der Waals surface area contributed by atoms with E-state index in [1.165, 1.54) is 7.11 Å². The largest absolute Gasteiger partial charge is 0.511 e. The van der Waals surface area contributed by atoms with Crippen LogP contribution < -0.4 is 5.32 Å². The smallest absolute Gasteiger partial charge is 0.260 e. The lowest BCUT2D eigenvalue weighted by atomic mass is 9.54. The van der Waals surface area contributed by atoms with Crippen LogP contribution in [-0.2, 0) is 14.3 Å². The van der Waals surface area contributed by atoms with E-state index in [0.717, 1.165) is 19.3 Å². The molecule has 1 saturated heterocycles. The first-order chi connectivity index (χ1) is 12.3. The minimum atomic E-state index is -1.01. The van der Waals surface area contributed by atoms with Crippen LogP contribution in [0.25, 0.3) is 0 Å². The SMILES string of the molecule is C/C=C/[C@@H]1C=C[C@@H]2C[C@H](C)CC[C@H]2[C@]1(C)/C(O)=C1\C(=O)N[C@@H](OC)C1=O. The van der Waals surface area contributed by atoms with Crippen molar-refractivity contribution in [2.75, 3.05) is 7.11 Å². The molecule has 6 atom stereocenters. The van der Waals surface area contributed by atoms with Gasteiger partial charge in [-0.05, 0) is 37.5 Å². The van der Waals surface area contributed by atoms with Crippen molar-refractivity contribution in [3.8, 4) is 0 Å². The highest BCUT2D eigenvalue weighted by Gasteiger charge is 2.53. The second-order valence-corrected chi connectivity index (χ2v) is 8.08. The Hall–Kier alpha value is -1.88. The van der Waals surface area contributed by atoms with E-state index in [-0.39, 0.29) is 23.2 Å². The van der Waals surface area contributed by atoms with Gasteiger partial charge in [0.05, 0.1) is 0 Å². The molecule has 0 radical (unpaired) electrons. The summed E-state index contributed by atoms with van der Waals surface area (Å²) in [6.07, 6.45) is 10.5. The van der Waals surface area contributed by atoms with Gasteiger partial charge in [-0.2, -0.15) is 0 Å². The number of aliphatic hydroxyl groups is 1. The lowest BCUT2D eigenvalue weighted by Gasteiger charge is -2.50. The predicted molar refractivity (Wildman–Crippen MR) is 99.1 cm³/mol. The van der Waals surface area contributed by atoms with Crippen molar-refractivity contribution in [3.05, 3.63) is 35.6 Å². The molecule has 3 rings (SSSR count). The zero-order valence-corrected chi connectivity index (χ0v) is 16.0. The minimum absolute atomic E-state index is 0.0585. The summed E-state index contributed by atoms with van der Waals surface area (Å²) < 4.78 is 5.03. The molecule has 1 heterocycles. The van der Waals surface area contributed by atoms with Gasteiger partial charge < -0.3 is 15.2 Å². The molecule has 1 amide bonds. The van der Waals surface area contributed by atoms with E-state index in [1.807, 2.05) is 26.0 Å². The Bertz CT molecular complexity index is 692. The molecule has 5 nitrogen and oxygen atoms in total. The van der Waals surface area contributed by atoms with Gasteiger partial charge in [0.25, 0.3) is 5.91 Å². The lowest BCUT2D eigenvalue weighted by molar-refractivity contribution is -0.124. The third kappa shape index (κ3) is 2.82. The third-order valence-electron chi connectivity index (χ3n) is 6.55. The van der Waals surface area contributed by atoms with Gasteiger partial charge in [-0.3, -0.25) is 9.59 Å². The van der Waals surface area contributed by atoms with E-state index in [2.05, 4.69) is 24.4 Å². The fourth-order valence-corrected chi connectivity index (χ4v) is 5.06. The topological polar surface area (TPSA) is 75.6 Å². The first kappa shape index (κ1) is 18.9. The summed E-state index contributed by atoms with van der Waals surface area (Å²) in [7, 11) is 1.37. The molecular formula is C21H29NO4. The van der Waals surface area contributed by atoms with Crippen molar-refractivity contribution in [2.24, 2.45) is 29.1 Å². The number of amides is 1. The van der Waals surface area contributed by atoms with Crippen LogP contribution in [0.3, 0.4) is 0 Å². The Kier molecular flexibility index (Phi) is 5.11. The van der Waals surface area contributed by atoms with Gasteiger partial charge in [-0.25, -0.2) is 0 Å². The Balaban J connectivity index is 2.11. The number of ether oxygens (including phenoxy) is 1. The van der Waals surface area contributed by atoms with Crippen molar-refractivity contribution in [1.82, 2.24) is 5.32 Å². The van der Waals surface area contributed by atoms with Crippen molar-refractivity contribution >= 4 is 11.7 Å². The number of allylic oxidation sites excluding steroid dienone is 5. The van der Waals surface area contributed by atoms with Gasteiger partial charge in [0.15, 0.2) is 6.23 Å². The fraction of sp³-hybridized carbons (Fsp3) is 0.619. The number of nitrogens with one attached hydrogen (secondary N) is 1. The number of fused-ring (bicyclic) bond motifs is 1. The molecule has 2 fully saturated rings. The molecule has 142 valence electrons. The Morgan fingerprint density at radius 3 is 2.69 bits per heavy atom. The van der Waals surface area contributed by atoms with Gasteiger partial charge in [0.1, 0.15) is 11.3 Å². The molecular weight excluding hydrogens is 330 g/mol. The molecule has 3 aliphatic rings. The van der Waals surface area contributed by atoms with Crippen LogP contribution in [0.5, 0.6) is 0 Å². The maximum atomic E-state index is 12.6. The number of carbonyl (C=O) groups excluding carboxylic acids is 2. The first-order valence-electron chi connectivity index (χ1n) is 9.47. The summed E-state index contributed by atoms with van der Waals surface area (Å²) >= 11 is 0. The number of ketones is 1. The molecule has 5 heteroatoms. The zero-order valence-electron chi connectivity index (χ0n) is 16.0. The summed E-state index contributed by atoms with van der Waals surface area (Å²) in [5, 5.41) is 13.8. The molecule has 0 aromatic carbocycles. The van der Waals surface area contributed by atoms with Crippen LogP contribution in [0, 0.1) is 29.1 Å². The molecule has 0 spiro atoms. The predicted octanol–water partition coefficient (Wildman–Crippen LogP) is 3.29. The van der Waals surface area contributed by atoms with Crippen LogP contribution in [0.4, 0.5) is 0 Å². The Labute approximate surface area is 155 Å². The van der Waals surface area contributed by atoms with Crippen molar-refractivity contribution in [1.29, 1.82) is 0 Å². The van der Waals surface area contributed by atoms with E-state index in [9.17, 15) is 14.7 Å². The lowest BCUT2D eigenvalue weighted by Crippen LogP contribution is -2.45. The highest BCUT2D eigenvalue weighted by Crippen LogP contribution is 2.55. The number of hydrogen-bond donors (Lipinski definition) is 2. The summed E-state index contributed by atoms with van der Waals surface area (Å²) in [6, 6.07) is 0. The summed E-state index contributed by atoms with van der Waals surface area (Å²) in [5.74, 6) is 0.0205. The van der Waals surface area contributed by atoms with E-state index < -0.39 is 23.3 Å². The van der Waals surface area contributed by atoms with Crippen LogP contribution in [0.15, 0.2) is 35.6 Å². The fourth-order valence-electron chi connectivity index (χ4n) is 5.06. The van der Waals surface area contributed by atoms with Gasteiger partial charge in [-0.1, -0.05) is 44.6 Å². The number of methoxy groups -OCH3 is 1. The third-order valence-corrected chi connectivity index (χ3v) is 6.55. The van der Waals surface area contributed by atoms with Crippen LogP contribution in [0.1, 0.15) is 40.0 Å². The highest BCUT2D eigenvalue weighted by molar-refractivity contribution is 6.26. The van der Waals surface area contributed by atoms with Gasteiger partial charge >= 0.3 is 0 Å². The Morgan fingerprint density at radius 2 is 2.08 bits per heavy atom. The minimum Gasteiger partial charge on any atom is -0.511 e. The Morgan fingerprint density at radius 1 is 1.35 bits per heavy atom. The second kappa shape index (κ2) is 7.03. The standard InChI is InChI=1S/C21H29NO4/c1-5-6-14-9-8-13-11-12(2)7-10-15(13)21(14,3)18(24)16-17(23)20(26-4)22-19(16)25/h5-6,8-9,12-15,20,24H,7,10-11H2,1-4H3,(H,22,25)/b6-5+,18-16+/t12-,13-,14-,15-,20+,21-/m1/s1. The average Bonchev–Trinajstić information content (AvgIpc) is 2.90. The monoisotopic (exact) mass is 359 g/mol. The van der Waals surface area contributed by atoms with E-state index in [1.54, 1.807) is 0 Å². The number of aliphatic hydroxyl groups excluding tert-OH is 1. The number of Topliss-reactive ketones (excluding diaryl/α,β-unsaturated/α-hetero) is 1.